The van der Waals surface area contributed by atoms with Crippen molar-refractivity contribution in [3.8, 4) is 0 Å². The number of aryl methyl sites for hydroxylation is 2. The fourth-order valence-corrected chi connectivity index (χ4v) is 4.06. The van der Waals surface area contributed by atoms with Gasteiger partial charge >= 0.3 is 0 Å². The Kier molecular flexibility index (Phi) is 5.49. The van der Waals surface area contributed by atoms with Gasteiger partial charge in [0.25, 0.3) is 0 Å². The van der Waals surface area contributed by atoms with Gasteiger partial charge in [-0.1, -0.05) is 6.07 Å². The minimum atomic E-state index is 0.303. The average Bonchev–Trinajstić information content (AvgIpc) is 3.20. The predicted molar refractivity (Wildman–Crippen MR) is 93.6 cm³/mol. The summed E-state index contributed by atoms with van der Waals surface area (Å²) < 4.78 is 1.98. The molecule has 0 aliphatic carbocycles. The summed E-state index contributed by atoms with van der Waals surface area (Å²) >= 11 is 1.78. The number of carbonyl (C=O) groups excluding carboxylic acids is 1. The molecule has 1 amide bonds. The summed E-state index contributed by atoms with van der Waals surface area (Å²) in [6.45, 7) is 3.78. The van der Waals surface area contributed by atoms with Crippen molar-refractivity contribution in [2.75, 3.05) is 6.54 Å². The Morgan fingerprint density at radius 2 is 2.35 bits per heavy atom. The van der Waals surface area contributed by atoms with Crippen LogP contribution in [-0.2, 0) is 17.8 Å². The third kappa shape index (κ3) is 4.44. The molecule has 0 spiro atoms. The monoisotopic (exact) mass is 331 g/mol. The van der Waals surface area contributed by atoms with E-state index in [0.29, 0.717) is 18.4 Å². The fourth-order valence-electron chi connectivity index (χ4n) is 3.31. The minimum Gasteiger partial charge on any atom is -0.338 e. The van der Waals surface area contributed by atoms with Crippen LogP contribution in [0, 0.1) is 6.92 Å². The van der Waals surface area contributed by atoms with Crippen LogP contribution in [0.2, 0.25) is 0 Å². The molecule has 3 heterocycles. The molecule has 1 aliphatic rings. The van der Waals surface area contributed by atoms with E-state index in [1.165, 1.54) is 16.9 Å². The number of likely N-dealkylation sites (tertiary alicyclic amines) is 1. The molecule has 124 valence electrons. The van der Waals surface area contributed by atoms with Gasteiger partial charge in [0.1, 0.15) is 0 Å². The largest absolute Gasteiger partial charge is 0.338 e. The molecule has 2 aromatic rings. The number of hydrogen-bond acceptors (Lipinski definition) is 3. The quantitative estimate of drug-likeness (QED) is 0.810. The van der Waals surface area contributed by atoms with Crippen molar-refractivity contribution in [1.29, 1.82) is 0 Å². The van der Waals surface area contributed by atoms with Gasteiger partial charge in [-0.05, 0) is 56.0 Å². The molecular formula is C18H25N3OS. The highest BCUT2D eigenvalue weighted by Gasteiger charge is 2.26. The van der Waals surface area contributed by atoms with Gasteiger partial charge < -0.3 is 4.90 Å². The van der Waals surface area contributed by atoms with Crippen molar-refractivity contribution in [3.63, 3.8) is 0 Å². The van der Waals surface area contributed by atoms with Crippen molar-refractivity contribution in [1.82, 2.24) is 14.7 Å². The first-order valence-corrected chi connectivity index (χ1v) is 9.41. The molecule has 1 atom stereocenters. The normalized spacial score (nSPS) is 18.3. The van der Waals surface area contributed by atoms with Crippen molar-refractivity contribution >= 4 is 17.2 Å². The first-order valence-electron chi connectivity index (χ1n) is 8.53. The number of amides is 1. The molecule has 23 heavy (non-hydrogen) atoms. The van der Waals surface area contributed by atoms with E-state index in [9.17, 15) is 4.79 Å². The second-order valence-corrected chi connectivity index (χ2v) is 7.44. The molecular weight excluding hydrogens is 306 g/mol. The number of aromatic nitrogens is 2. The van der Waals surface area contributed by atoms with E-state index in [2.05, 4.69) is 40.6 Å². The van der Waals surface area contributed by atoms with E-state index in [1.54, 1.807) is 11.3 Å². The number of piperidine rings is 1. The zero-order valence-electron chi connectivity index (χ0n) is 13.8. The Balaban J connectivity index is 1.53. The van der Waals surface area contributed by atoms with Crippen molar-refractivity contribution in [3.05, 3.63) is 40.3 Å². The summed E-state index contributed by atoms with van der Waals surface area (Å²) in [5.41, 5.74) is 1.18. The first kappa shape index (κ1) is 16.2. The van der Waals surface area contributed by atoms with Gasteiger partial charge in [-0.15, -0.1) is 11.3 Å². The maximum atomic E-state index is 12.6. The Hall–Kier alpha value is -1.62. The Morgan fingerprint density at radius 1 is 1.43 bits per heavy atom. The summed E-state index contributed by atoms with van der Waals surface area (Å²) in [4.78, 5) is 16.1. The summed E-state index contributed by atoms with van der Waals surface area (Å²) in [7, 11) is 0. The lowest BCUT2D eigenvalue weighted by Gasteiger charge is -2.36. The lowest BCUT2D eigenvalue weighted by Crippen LogP contribution is -2.45. The molecule has 5 heteroatoms. The highest BCUT2D eigenvalue weighted by Crippen LogP contribution is 2.21. The van der Waals surface area contributed by atoms with Crippen LogP contribution in [0.3, 0.4) is 0 Å². The average molecular weight is 331 g/mol. The van der Waals surface area contributed by atoms with Crippen molar-refractivity contribution in [2.45, 2.75) is 58.0 Å². The van der Waals surface area contributed by atoms with Gasteiger partial charge in [-0.25, -0.2) is 0 Å². The number of carbonyl (C=O) groups is 1. The third-order valence-electron chi connectivity index (χ3n) is 4.50. The fraction of sp³-hybridized carbons (Fsp3) is 0.556. The van der Waals surface area contributed by atoms with E-state index in [-0.39, 0.29) is 0 Å². The Bertz CT molecular complexity index is 620. The standard InChI is InChI=1S/C18H25N3OS/c1-15-12-19-20(13-15)14-16-6-2-3-10-21(16)18(22)9-4-7-17-8-5-11-23-17/h5,8,11-13,16H,2-4,6-7,9-10,14H2,1H3/t16-/m0/s1. The van der Waals surface area contributed by atoms with Crippen molar-refractivity contribution < 1.29 is 4.79 Å². The maximum Gasteiger partial charge on any atom is 0.222 e. The van der Waals surface area contributed by atoms with Gasteiger partial charge in [0.2, 0.25) is 5.91 Å². The molecule has 0 N–H and O–H groups in total. The first-order chi connectivity index (χ1) is 11.2. The van der Waals surface area contributed by atoms with Crippen LogP contribution in [0.1, 0.15) is 42.5 Å². The number of hydrogen-bond donors (Lipinski definition) is 0. The second kappa shape index (κ2) is 7.77. The minimum absolute atomic E-state index is 0.303. The molecule has 1 aliphatic heterocycles. The molecule has 1 saturated heterocycles. The van der Waals surface area contributed by atoms with Crippen LogP contribution < -0.4 is 0 Å². The molecule has 4 nitrogen and oxygen atoms in total. The summed E-state index contributed by atoms with van der Waals surface area (Å²) in [6, 6.07) is 4.53. The number of thiophene rings is 1. The van der Waals surface area contributed by atoms with Crippen LogP contribution >= 0.6 is 11.3 Å². The molecule has 0 unspecified atom stereocenters. The SMILES string of the molecule is Cc1cnn(C[C@@H]2CCCCN2C(=O)CCCc2cccs2)c1. The molecule has 3 rings (SSSR count). The topological polar surface area (TPSA) is 38.1 Å². The Labute approximate surface area is 142 Å². The van der Waals surface area contributed by atoms with Gasteiger partial charge in [0, 0.05) is 24.0 Å². The van der Waals surface area contributed by atoms with Crippen LogP contribution in [-0.4, -0.2) is 33.2 Å². The maximum absolute atomic E-state index is 12.6. The Morgan fingerprint density at radius 3 is 3.09 bits per heavy atom. The van der Waals surface area contributed by atoms with Crippen LogP contribution in [0.15, 0.2) is 29.9 Å². The molecule has 0 bridgehead atoms. The molecule has 1 fully saturated rings. The number of nitrogens with zero attached hydrogens (tertiary/aromatic N) is 3. The molecule has 0 radical (unpaired) electrons. The summed E-state index contributed by atoms with van der Waals surface area (Å²) in [6.07, 6.45) is 10.0. The second-order valence-electron chi connectivity index (χ2n) is 6.41. The summed E-state index contributed by atoms with van der Waals surface area (Å²) in [5, 5.41) is 6.48. The molecule has 2 aromatic heterocycles. The highest BCUT2D eigenvalue weighted by molar-refractivity contribution is 7.09. The zero-order valence-corrected chi connectivity index (χ0v) is 14.6. The van der Waals surface area contributed by atoms with E-state index in [1.807, 2.05) is 10.9 Å². The molecule has 0 aromatic carbocycles. The lowest BCUT2D eigenvalue weighted by atomic mass is 10.0. The highest BCUT2D eigenvalue weighted by atomic mass is 32.1. The van der Waals surface area contributed by atoms with Crippen LogP contribution in [0.5, 0.6) is 0 Å². The van der Waals surface area contributed by atoms with Crippen molar-refractivity contribution in [2.24, 2.45) is 0 Å². The van der Waals surface area contributed by atoms with E-state index < -0.39 is 0 Å². The van der Waals surface area contributed by atoms with Crippen LogP contribution in [0.25, 0.3) is 0 Å². The van der Waals surface area contributed by atoms with Gasteiger partial charge in [-0.2, -0.15) is 5.10 Å². The van der Waals surface area contributed by atoms with E-state index >= 15 is 0 Å². The van der Waals surface area contributed by atoms with Gasteiger partial charge in [-0.3, -0.25) is 9.48 Å². The third-order valence-corrected chi connectivity index (χ3v) is 5.44. The van der Waals surface area contributed by atoms with Gasteiger partial charge in [0.15, 0.2) is 0 Å². The lowest BCUT2D eigenvalue weighted by molar-refractivity contribution is -0.135. The van der Waals surface area contributed by atoms with Gasteiger partial charge in [0.05, 0.1) is 18.8 Å². The van der Waals surface area contributed by atoms with E-state index in [4.69, 9.17) is 0 Å². The molecule has 0 saturated carbocycles. The van der Waals surface area contributed by atoms with Crippen LogP contribution in [0.4, 0.5) is 0 Å². The van der Waals surface area contributed by atoms with E-state index in [0.717, 1.165) is 38.8 Å². The smallest absolute Gasteiger partial charge is 0.222 e. The number of rotatable bonds is 6. The summed E-state index contributed by atoms with van der Waals surface area (Å²) in [5.74, 6) is 0.315. The zero-order chi connectivity index (χ0) is 16.1. The predicted octanol–water partition coefficient (Wildman–Crippen LogP) is 3.66.